The first-order valence-corrected chi connectivity index (χ1v) is 13.3. The molecule has 10 heteroatoms. The molecule has 0 saturated carbocycles. The van der Waals surface area contributed by atoms with Gasteiger partial charge < -0.3 is 20.7 Å². The van der Waals surface area contributed by atoms with Gasteiger partial charge in [-0.25, -0.2) is 9.59 Å². The summed E-state index contributed by atoms with van der Waals surface area (Å²) in [4.78, 5) is 40.2. The molecule has 35 heavy (non-hydrogen) atoms. The number of fused-ring (bicyclic) bond motifs is 1. The van der Waals surface area contributed by atoms with E-state index in [1.165, 1.54) is 11.3 Å². The maximum atomic E-state index is 13.2. The Morgan fingerprint density at radius 1 is 1.11 bits per heavy atom. The van der Waals surface area contributed by atoms with Crippen LogP contribution in [0.15, 0.2) is 24.3 Å². The molecule has 0 spiro atoms. The normalized spacial score (nSPS) is 16.6. The Morgan fingerprint density at radius 2 is 1.83 bits per heavy atom. The molecule has 1 aliphatic heterocycles. The molecule has 1 aromatic heterocycles. The molecule has 0 radical (unpaired) electrons. The number of carbonyl (C=O) groups excluding carboxylic acids is 3. The zero-order chi connectivity index (χ0) is 24.8. The SMILES string of the molecule is CCOC(=O)c1c(NC(=O)NC(C(=O)Nc2ccc(Cl)cc2)C2CCNCC2)sc2c1CCCC2. The van der Waals surface area contributed by atoms with E-state index < -0.39 is 18.0 Å². The van der Waals surface area contributed by atoms with Crippen LogP contribution in [0, 0.1) is 5.92 Å². The predicted molar refractivity (Wildman–Crippen MR) is 139 cm³/mol. The van der Waals surface area contributed by atoms with Crippen LogP contribution in [0.3, 0.4) is 0 Å². The number of rotatable bonds is 7. The first-order chi connectivity index (χ1) is 17.0. The van der Waals surface area contributed by atoms with Crippen LogP contribution in [0.1, 0.15) is 53.4 Å². The molecule has 1 atom stereocenters. The van der Waals surface area contributed by atoms with Crippen molar-refractivity contribution in [3.8, 4) is 0 Å². The number of amides is 3. The van der Waals surface area contributed by atoms with Crippen LogP contribution >= 0.6 is 22.9 Å². The number of piperidine rings is 1. The summed E-state index contributed by atoms with van der Waals surface area (Å²) in [6.07, 6.45) is 5.27. The van der Waals surface area contributed by atoms with Crippen LogP contribution in [-0.4, -0.2) is 43.6 Å². The first kappa shape index (κ1) is 25.5. The summed E-state index contributed by atoms with van der Waals surface area (Å²) in [5.74, 6) is -0.724. The van der Waals surface area contributed by atoms with Gasteiger partial charge in [0.05, 0.1) is 12.2 Å². The average Bonchev–Trinajstić information content (AvgIpc) is 3.22. The van der Waals surface area contributed by atoms with Gasteiger partial charge in [0.25, 0.3) is 0 Å². The number of nitrogens with one attached hydrogen (secondary N) is 4. The highest BCUT2D eigenvalue weighted by Crippen LogP contribution is 2.38. The van der Waals surface area contributed by atoms with E-state index in [0.29, 0.717) is 21.3 Å². The van der Waals surface area contributed by atoms with E-state index in [1.807, 2.05) is 0 Å². The number of benzene rings is 1. The summed E-state index contributed by atoms with van der Waals surface area (Å²) >= 11 is 7.38. The van der Waals surface area contributed by atoms with Gasteiger partial charge in [0.15, 0.2) is 0 Å². The van der Waals surface area contributed by atoms with Crippen molar-refractivity contribution in [3.63, 3.8) is 0 Å². The van der Waals surface area contributed by atoms with Gasteiger partial charge in [-0.1, -0.05) is 11.6 Å². The van der Waals surface area contributed by atoms with Crippen molar-refractivity contribution in [1.29, 1.82) is 0 Å². The molecular weight excluding hydrogens is 488 g/mol. The quantitative estimate of drug-likeness (QED) is 0.401. The number of halogens is 1. The topological polar surface area (TPSA) is 109 Å². The van der Waals surface area contributed by atoms with Gasteiger partial charge >= 0.3 is 12.0 Å². The zero-order valence-corrected chi connectivity index (χ0v) is 21.3. The molecule has 8 nitrogen and oxygen atoms in total. The Kier molecular flexibility index (Phi) is 8.64. The van der Waals surface area contributed by atoms with E-state index in [-0.39, 0.29) is 18.4 Å². The van der Waals surface area contributed by atoms with E-state index in [1.54, 1.807) is 31.2 Å². The smallest absolute Gasteiger partial charge is 0.341 e. The molecule has 2 aliphatic rings. The van der Waals surface area contributed by atoms with Crippen LogP contribution < -0.4 is 21.3 Å². The van der Waals surface area contributed by atoms with Crippen molar-refractivity contribution in [1.82, 2.24) is 10.6 Å². The Bertz CT molecular complexity index is 1070. The molecule has 1 aliphatic carbocycles. The fraction of sp³-hybridized carbons (Fsp3) is 0.480. The molecule has 4 rings (SSSR count). The van der Waals surface area contributed by atoms with Crippen LogP contribution in [0.25, 0.3) is 0 Å². The molecule has 4 N–H and O–H groups in total. The lowest BCUT2D eigenvalue weighted by Gasteiger charge is -2.30. The summed E-state index contributed by atoms with van der Waals surface area (Å²) < 4.78 is 5.28. The number of urea groups is 1. The minimum atomic E-state index is -0.728. The number of aryl methyl sites for hydroxylation is 1. The number of hydrogen-bond donors (Lipinski definition) is 4. The van der Waals surface area contributed by atoms with Crippen molar-refractivity contribution in [2.24, 2.45) is 5.92 Å². The molecule has 0 bridgehead atoms. The molecule has 2 heterocycles. The lowest BCUT2D eigenvalue weighted by Crippen LogP contribution is -2.52. The number of esters is 1. The third-order valence-electron chi connectivity index (χ3n) is 6.41. The number of thiophene rings is 1. The molecule has 2 aromatic rings. The molecule has 1 fully saturated rings. The lowest BCUT2D eigenvalue weighted by atomic mass is 9.89. The Labute approximate surface area is 214 Å². The Hall–Kier alpha value is -2.62. The highest BCUT2D eigenvalue weighted by atomic mass is 35.5. The van der Waals surface area contributed by atoms with Crippen LogP contribution in [0.2, 0.25) is 5.02 Å². The number of carbonyl (C=O) groups is 3. The first-order valence-electron chi connectivity index (χ1n) is 12.1. The van der Waals surface area contributed by atoms with Gasteiger partial charge in [0, 0.05) is 15.6 Å². The average molecular weight is 519 g/mol. The van der Waals surface area contributed by atoms with Gasteiger partial charge in [0.2, 0.25) is 5.91 Å². The van der Waals surface area contributed by atoms with E-state index in [2.05, 4.69) is 21.3 Å². The molecule has 188 valence electrons. The van der Waals surface area contributed by atoms with Crippen molar-refractivity contribution in [2.75, 3.05) is 30.3 Å². The second kappa shape index (κ2) is 11.9. The largest absolute Gasteiger partial charge is 0.462 e. The molecule has 1 unspecified atom stereocenters. The van der Waals surface area contributed by atoms with Gasteiger partial charge in [-0.15, -0.1) is 11.3 Å². The fourth-order valence-corrected chi connectivity index (χ4v) is 6.08. The highest BCUT2D eigenvalue weighted by molar-refractivity contribution is 7.17. The van der Waals surface area contributed by atoms with Crippen molar-refractivity contribution >= 4 is 51.5 Å². The van der Waals surface area contributed by atoms with Gasteiger partial charge in [0.1, 0.15) is 11.0 Å². The fourth-order valence-electron chi connectivity index (χ4n) is 4.68. The Balaban J connectivity index is 1.52. The minimum Gasteiger partial charge on any atom is -0.462 e. The molecule has 1 saturated heterocycles. The van der Waals surface area contributed by atoms with Crippen molar-refractivity contribution < 1.29 is 19.1 Å². The minimum absolute atomic E-state index is 0.0182. The highest BCUT2D eigenvalue weighted by Gasteiger charge is 2.32. The summed E-state index contributed by atoms with van der Waals surface area (Å²) in [6, 6.07) is 5.61. The summed E-state index contributed by atoms with van der Waals surface area (Å²) in [5.41, 5.74) is 2.03. The maximum absolute atomic E-state index is 13.2. The number of ether oxygens (including phenoxy) is 1. The third kappa shape index (κ3) is 6.34. The summed E-state index contributed by atoms with van der Waals surface area (Å²) in [7, 11) is 0. The zero-order valence-electron chi connectivity index (χ0n) is 19.7. The van der Waals surface area contributed by atoms with Gasteiger partial charge in [-0.3, -0.25) is 10.1 Å². The summed E-state index contributed by atoms with van der Waals surface area (Å²) in [5, 5.41) is 13.0. The van der Waals surface area contributed by atoms with E-state index in [9.17, 15) is 14.4 Å². The van der Waals surface area contributed by atoms with Crippen molar-refractivity contribution in [3.05, 3.63) is 45.3 Å². The second-order valence-corrected chi connectivity index (χ2v) is 10.3. The standard InChI is InChI=1S/C25H31ClN4O4S/c1-2-34-24(32)20-18-5-3-4-6-19(18)35-23(20)30-25(33)29-21(15-11-13-27-14-12-15)22(31)28-17-9-7-16(26)8-10-17/h7-10,15,21,27H,2-6,11-14H2,1H3,(H,28,31)(H2,29,30,33). The van der Waals surface area contributed by atoms with Gasteiger partial charge in [-0.2, -0.15) is 0 Å². The molecular formula is C25H31ClN4O4S. The van der Waals surface area contributed by atoms with E-state index in [0.717, 1.165) is 62.1 Å². The van der Waals surface area contributed by atoms with Gasteiger partial charge in [-0.05, 0) is 94.3 Å². The number of anilines is 2. The van der Waals surface area contributed by atoms with Crippen LogP contribution in [0.5, 0.6) is 0 Å². The lowest BCUT2D eigenvalue weighted by molar-refractivity contribution is -0.119. The summed E-state index contributed by atoms with van der Waals surface area (Å²) in [6.45, 7) is 3.59. The number of hydrogen-bond acceptors (Lipinski definition) is 6. The monoisotopic (exact) mass is 518 g/mol. The van der Waals surface area contributed by atoms with Crippen LogP contribution in [-0.2, 0) is 22.4 Å². The third-order valence-corrected chi connectivity index (χ3v) is 7.87. The molecule has 3 amide bonds. The predicted octanol–water partition coefficient (Wildman–Crippen LogP) is 4.59. The van der Waals surface area contributed by atoms with Crippen molar-refractivity contribution in [2.45, 2.75) is 51.5 Å². The molecule has 1 aromatic carbocycles. The van der Waals surface area contributed by atoms with E-state index >= 15 is 0 Å². The van der Waals surface area contributed by atoms with E-state index in [4.69, 9.17) is 16.3 Å². The van der Waals surface area contributed by atoms with Crippen LogP contribution in [0.4, 0.5) is 15.5 Å². The second-order valence-electron chi connectivity index (χ2n) is 8.80. The maximum Gasteiger partial charge on any atom is 0.341 e. The Morgan fingerprint density at radius 3 is 2.54 bits per heavy atom.